The normalized spacial score (nSPS) is 36.0. The van der Waals surface area contributed by atoms with Gasteiger partial charge in [0.05, 0.1) is 17.6 Å². The van der Waals surface area contributed by atoms with E-state index in [-0.39, 0.29) is 35.4 Å². The number of hydrogen-bond donors (Lipinski definition) is 2. The molecule has 3 N–H and O–H groups in total. The average Bonchev–Trinajstić information content (AvgIpc) is 3.41. The summed E-state index contributed by atoms with van der Waals surface area (Å²) in [6, 6.07) is -1.89. The van der Waals surface area contributed by atoms with Crippen LogP contribution in [-0.2, 0) is 0 Å². The van der Waals surface area contributed by atoms with Crippen LogP contribution in [0.1, 0.15) is 62.7 Å². The molecule has 0 radical (unpaired) electrons. The zero-order valence-corrected chi connectivity index (χ0v) is 17.1. The van der Waals surface area contributed by atoms with Gasteiger partial charge in [0, 0.05) is 37.2 Å². The van der Waals surface area contributed by atoms with Gasteiger partial charge in [0.2, 0.25) is 0 Å². The molecule has 5 atom stereocenters. The zero-order valence-electron chi connectivity index (χ0n) is 17.1. The minimum Gasteiger partial charge on any atom is -0.322 e. The van der Waals surface area contributed by atoms with E-state index in [0.29, 0.717) is 25.2 Å². The lowest BCUT2D eigenvalue weighted by atomic mass is 9.76. The Balaban J connectivity index is 1.56. The second-order valence-corrected chi connectivity index (χ2v) is 9.53. The van der Waals surface area contributed by atoms with Crippen molar-refractivity contribution >= 4 is 5.57 Å². The third kappa shape index (κ3) is 2.77. The van der Waals surface area contributed by atoms with Crippen molar-refractivity contribution in [2.75, 3.05) is 13.1 Å². The number of rotatable bonds is 2. The Bertz CT molecular complexity index is 1040. The highest BCUT2D eigenvalue weighted by molar-refractivity contribution is 5.71. The van der Waals surface area contributed by atoms with Crippen LogP contribution in [0.15, 0.2) is 15.4 Å². The van der Waals surface area contributed by atoms with E-state index in [1.807, 2.05) is 11.8 Å². The summed E-state index contributed by atoms with van der Waals surface area (Å²) in [7, 11) is 0. The van der Waals surface area contributed by atoms with Gasteiger partial charge in [0.25, 0.3) is 11.5 Å². The van der Waals surface area contributed by atoms with Gasteiger partial charge in [-0.05, 0) is 43.6 Å². The highest BCUT2D eigenvalue weighted by Gasteiger charge is 2.54. The topological polar surface area (TPSA) is 84.1 Å². The minimum absolute atomic E-state index is 0.00568. The molecule has 1 aliphatic heterocycles. The molecule has 1 aromatic heterocycles. The van der Waals surface area contributed by atoms with E-state index < -0.39 is 41.0 Å². The number of alkyl halides is 2. The fourth-order valence-electron chi connectivity index (χ4n) is 5.99. The lowest BCUT2D eigenvalue weighted by Gasteiger charge is -2.38. The van der Waals surface area contributed by atoms with E-state index in [2.05, 4.69) is 4.98 Å². The van der Waals surface area contributed by atoms with Crippen molar-refractivity contribution in [3.05, 3.63) is 37.9 Å². The van der Waals surface area contributed by atoms with Crippen molar-refractivity contribution in [1.29, 1.82) is 0 Å². The van der Waals surface area contributed by atoms with Crippen molar-refractivity contribution in [2.24, 2.45) is 17.6 Å². The molecule has 2 saturated carbocycles. The Hall–Kier alpha value is -1.87. The number of allylic oxidation sites excluding steroid dienone is 1. The maximum absolute atomic E-state index is 15.6. The standard InChI is InChI=1S/C21H27F3N4O2/c1-9-14-16(28(12-3-4-12)20(30)26-19(14)29)10(2)17(15(9)22)27-7-11-5-6-21(23,24)18(25)13(11)8-27/h10-13,17-18H,3-8,25H2,1-2H3,(H,26,29,30). The van der Waals surface area contributed by atoms with E-state index in [1.54, 1.807) is 11.5 Å². The molecule has 0 spiro atoms. The van der Waals surface area contributed by atoms with Crippen LogP contribution in [0.3, 0.4) is 0 Å². The second kappa shape index (κ2) is 6.56. The van der Waals surface area contributed by atoms with E-state index >= 15 is 4.39 Å². The maximum Gasteiger partial charge on any atom is 0.328 e. The number of likely N-dealkylation sites (tertiary alicyclic amines) is 1. The molecular weight excluding hydrogens is 397 g/mol. The van der Waals surface area contributed by atoms with Gasteiger partial charge in [-0.2, -0.15) is 0 Å². The first kappa shape index (κ1) is 20.1. The van der Waals surface area contributed by atoms with Gasteiger partial charge in [-0.3, -0.25) is 19.2 Å². The molecule has 1 aromatic rings. The monoisotopic (exact) mass is 424 g/mol. The zero-order chi connectivity index (χ0) is 21.5. The number of aromatic amines is 1. The summed E-state index contributed by atoms with van der Waals surface area (Å²) >= 11 is 0. The summed E-state index contributed by atoms with van der Waals surface area (Å²) in [6.07, 6.45) is 1.83. The van der Waals surface area contributed by atoms with Crippen LogP contribution in [0.4, 0.5) is 13.2 Å². The summed E-state index contributed by atoms with van der Waals surface area (Å²) < 4.78 is 45.5. The summed E-state index contributed by atoms with van der Waals surface area (Å²) in [5, 5.41) is 0. The smallest absolute Gasteiger partial charge is 0.322 e. The number of fused-ring (bicyclic) bond motifs is 2. The summed E-state index contributed by atoms with van der Waals surface area (Å²) in [6.45, 7) is 4.18. The summed E-state index contributed by atoms with van der Waals surface area (Å²) in [5.41, 5.74) is 5.91. The fraction of sp³-hybridized carbons (Fsp3) is 0.714. The van der Waals surface area contributed by atoms with Crippen LogP contribution >= 0.6 is 0 Å². The van der Waals surface area contributed by atoms with Crippen LogP contribution in [-0.4, -0.2) is 45.5 Å². The van der Waals surface area contributed by atoms with Crippen LogP contribution < -0.4 is 17.0 Å². The van der Waals surface area contributed by atoms with E-state index in [4.69, 9.17) is 5.73 Å². The van der Waals surface area contributed by atoms with Gasteiger partial charge in [0.15, 0.2) is 0 Å². The average molecular weight is 424 g/mol. The molecule has 3 fully saturated rings. The molecule has 6 nitrogen and oxygen atoms in total. The van der Waals surface area contributed by atoms with Gasteiger partial charge >= 0.3 is 5.69 Å². The first-order valence-corrected chi connectivity index (χ1v) is 10.7. The lowest BCUT2D eigenvalue weighted by Crippen LogP contribution is -2.52. The highest BCUT2D eigenvalue weighted by atomic mass is 19.3. The Labute approximate surface area is 171 Å². The third-order valence-electron chi connectivity index (χ3n) is 7.70. The van der Waals surface area contributed by atoms with Crippen molar-refractivity contribution < 1.29 is 13.2 Å². The van der Waals surface area contributed by atoms with Crippen LogP contribution in [0.2, 0.25) is 0 Å². The van der Waals surface area contributed by atoms with Crippen LogP contribution in [0.5, 0.6) is 0 Å². The Morgan fingerprint density at radius 2 is 1.87 bits per heavy atom. The molecule has 5 unspecified atom stereocenters. The van der Waals surface area contributed by atoms with Crippen molar-refractivity contribution in [3.8, 4) is 0 Å². The molecule has 0 bridgehead atoms. The van der Waals surface area contributed by atoms with Gasteiger partial charge in [-0.1, -0.05) is 6.92 Å². The van der Waals surface area contributed by atoms with E-state index in [0.717, 1.165) is 12.8 Å². The first-order valence-electron chi connectivity index (χ1n) is 10.7. The summed E-state index contributed by atoms with van der Waals surface area (Å²) in [4.78, 5) is 29.4. The van der Waals surface area contributed by atoms with Crippen molar-refractivity contribution in [1.82, 2.24) is 14.5 Å². The molecule has 0 amide bonds. The maximum atomic E-state index is 15.6. The van der Waals surface area contributed by atoms with Crippen molar-refractivity contribution in [2.45, 2.75) is 69.5 Å². The summed E-state index contributed by atoms with van der Waals surface area (Å²) in [5.74, 6) is -4.14. The molecule has 3 aliphatic carbocycles. The highest BCUT2D eigenvalue weighted by Crippen LogP contribution is 2.48. The van der Waals surface area contributed by atoms with Gasteiger partial charge in [-0.15, -0.1) is 0 Å². The molecule has 5 rings (SSSR count). The van der Waals surface area contributed by atoms with Crippen LogP contribution in [0.25, 0.3) is 5.57 Å². The molecule has 0 aromatic carbocycles. The van der Waals surface area contributed by atoms with Gasteiger partial charge in [0.1, 0.15) is 5.83 Å². The Morgan fingerprint density at radius 3 is 2.53 bits per heavy atom. The number of halogens is 3. The molecule has 9 heteroatoms. The Kier molecular flexibility index (Phi) is 4.39. The van der Waals surface area contributed by atoms with E-state index in [1.165, 1.54) is 0 Å². The molecule has 2 heterocycles. The third-order valence-corrected chi connectivity index (χ3v) is 7.70. The number of aromatic nitrogens is 2. The lowest BCUT2D eigenvalue weighted by molar-refractivity contribution is -0.0796. The van der Waals surface area contributed by atoms with E-state index in [9.17, 15) is 18.4 Å². The SMILES string of the molecule is CC1=C(F)C(N2CC3CCC(F)(F)C(N)C3C2)C(C)c2c1c(=O)[nH]c(=O)n2C1CC1. The predicted octanol–water partition coefficient (Wildman–Crippen LogP) is 2.36. The van der Waals surface area contributed by atoms with Gasteiger partial charge in [-0.25, -0.2) is 18.0 Å². The van der Waals surface area contributed by atoms with Crippen molar-refractivity contribution in [3.63, 3.8) is 0 Å². The minimum atomic E-state index is -2.90. The molecule has 1 saturated heterocycles. The fourth-order valence-corrected chi connectivity index (χ4v) is 5.99. The second-order valence-electron chi connectivity index (χ2n) is 9.53. The Morgan fingerprint density at radius 1 is 1.17 bits per heavy atom. The largest absolute Gasteiger partial charge is 0.328 e. The number of nitrogens with one attached hydrogen (secondary N) is 1. The molecular formula is C21H27F3N4O2. The number of hydrogen-bond acceptors (Lipinski definition) is 4. The molecule has 4 aliphatic rings. The van der Waals surface area contributed by atoms with Gasteiger partial charge < -0.3 is 5.73 Å². The first-order chi connectivity index (χ1) is 14.1. The molecule has 30 heavy (non-hydrogen) atoms. The number of H-pyrrole nitrogens is 1. The number of nitrogens with zero attached hydrogens (tertiary/aromatic N) is 2. The predicted molar refractivity (Wildman–Crippen MR) is 106 cm³/mol. The quantitative estimate of drug-likeness (QED) is 0.764. The molecule has 164 valence electrons. The number of nitrogens with two attached hydrogens (primary N) is 1. The van der Waals surface area contributed by atoms with Crippen LogP contribution in [0, 0.1) is 11.8 Å².